The van der Waals surface area contributed by atoms with Crippen LogP contribution >= 0.6 is 15.9 Å². The van der Waals surface area contributed by atoms with Crippen molar-refractivity contribution in [1.29, 1.82) is 0 Å². The average Bonchev–Trinajstić information content (AvgIpc) is 2.23. The number of aromatic nitrogens is 1. The van der Waals surface area contributed by atoms with E-state index in [1.165, 1.54) is 10.9 Å². The first-order chi connectivity index (χ1) is 7.13. The monoisotopic (exact) mass is 264 g/mol. The zero-order chi connectivity index (χ0) is 11.0. The van der Waals surface area contributed by atoms with Gasteiger partial charge < -0.3 is 5.32 Å². The van der Waals surface area contributed by atoms with Crippen molar-refractivity contribution in [3.8, 4) is 0 Å². The topological polar surface area (TPSA) is 24.9 Å². The molecule has 0 amide bonds. The first-order valence-corrected chi connectivity index (χ1v) is 5.67. The predicted molar refractivity (Wildman–Crippen MR) is 68.5 cm³/mol. The first kappa shape index (κ1) is 10.4. The van der Waals surface area contributed by atoms with E-state index in [0.717, 1.165) is 21.4 Å². The highest BCUT2D eigenvalue weighted by atomic mass is 79.9. The molecule has 1 N–H and O–H groups in total. The number of benzene rings is 1. The number of rotatable bonds is 1. The second-order valence-corrected chi connectivity index (χ2v) is 4.48. The van der Waals surface area contributed by atoms with Gasteiger partial charge in [-0.1, -0.05) is 15.9 Å². The minimum absolute atomic E-state index is 1.04. The van der Waals surface area contributed by atoms with Gasteiger partial charge in [-0.25, -0.2) is 0 Å². The number of nitrogens with zero attached hydrogens (tertiary/aromatic N) is 1. The van der Waals surface area contributed by atoms with Crippen LogP contribution in [0.5, 0.6) is 0 Å². The van der Waals surface area contributed by atoms with Crippen LogP contribution in [-0.2, 0) is 0 Å². The van der Waals surface area contributed by atoms with E-state index in [4.69, 9.17) is 0 Å². The first-order valence-electron chi connectivity index (χ1n) is 4.87. The van der Waals surface area contributed by atoms with Crippen molar-refractivity contribution in [3.63, 3.8) is 0 Å². The van der Waals surface area contributed by atoms with Crippen LogP contribution in [-0.4, -0.2) is 12.0 Å². The molecule has 0 fully saturated rings. The van der Waals surface area contributed by atoms with Gasteiger partial charge in [0.05, 0.1) is 5.52 Å². The van der Waals surface area contributed by atoms with Crippen LogP contribution < -0.4 is 5.32 Å². The van der Waals surface area contributed by atoms with E-state index < -0.39 is 0 Å². The number of halogens is 1. The molecule has 0 bridgehead atoms. The molecule has 3 heteroatoms. The molecule has 0 aliphatic carbocycles. The molecule has 0 spiro atoms. The van der Waals surface area contributed by atoms with E-state index in [2.05, 4.69) is 51.4 Å². The maximum Gasteiger partial charge on any atom is 0.0766 e. The van der Waals surface area contributed by atoms with Crippen molar-refractivity contribution in [3.05, 3.63) is 33.9 Å². The molecule has 0 aliphatic heterocycles. The van der Waals surface area contributed by atoms with Gasteiger partial charge in [-0.05, 0) is 37.6 Å². The van der Waals surface area contributed by atoms with Crippen LogP contribution in [0, 0.1) is 13.8 Å². The third-order valence-electron chi connectivity index (χ3n) is 2.57. The Bertz CT molecular complexity index is 521. The Balaban J connectivity index is 2.89. The number of anilines is 1. The highest BCUT2D eigenvalue weighted by molar-refractivity contribution is 9.10. The summed E-state index contributed by atoms with van der Waals surface area (Å²) in [5, 5.41) is 4.37. The fourth-order valence-electron chi connectivity index (χ4n) is 1.74. The molecule has 0 aliphatic rings. The average molecular weight is 265 g/mol. The summed E-state index contributed by atoms with van der Waals surface area (Å²) in [4.78, 5) is 4.57. The van der Waals surface area contributed by atoms with Gasteiger partial charge in [-0.3, -0.25) is 4.98 Å². The van der Waals surface area contributed by atoms with E-state index in [-0.39, 0.29) is 0 Å². The summed E-state index contributed by atoms with van der Waals surface area (Å²) in [5.41, 5.74) is 4.42. The lowest BCUT2D eigenvalue weighted by Gasteiger charge is -2.10. The summed E-state index contributed by atoms with van der Waals surface area (Å²) in [5.74, 6) is 0. The zero-order valence-electron chi connectivity index (χ0n) is 9.06. The molecule has 1 aromatic heterocycles. The molecule has 0 saturated carbocycles. The number of fused-ring (bicyclic) bond motifs is 1. The molecule has 1 aromatic carbocycles. The van der Waals surface area contributed by atoms with Gasteiger partial charge in [-0.2, -0.15) is 0 Å². The van der Waals surface area contributed by atoms with Crippen LogP contribution in [0.3, 0.4) is 0 Å². The fraction of sp³-hybridized carbons (Fsp3) is 0.250. The summed E-state index contributed by atoms with van der Waals surface area (Å²) < 4.78 is 1.11. The van der Waals surface area contributed by atoms with Crippen molar-refractivity contribution in [1.82, 2.24) is 4.98 Å². The Morgan fingerprint density at radius 2 is 2.00 bits per heavy atom. The fourth-order valence-corrected chi connectivity index (χ4v) is 2.06. The molecule has 0 unspecified atom stereocenters. The summed E-state index contributed by atoms with van der Waals surface area (Å²) in [7, 11) is 1.94. The molecule has 2 aromatic rings. The minimum atomic E-state index is 1.04. The molecule has 2 rings (SSSR count). The second-order valence-electron chi connectivity index (χ2n) is 3.63. The van der Waals surface area contributed by atoms with Gasteiger partial charge in [0.15, 0.2) is 0 Å². The van der Waals surface area contributed by atoms with Crippen LogP contribution in [0.4, 0.5) is 5.69 Å². The van der Waals surface area contributed by atoms with E-state index in [9.17, 15) is 0 Å². The molecule has 0 radical (unpaired) electrons. The Kier molecular flexibility index (Phi) is 2.65. The Labute approximate surface area is 97.8 Å². The van der Waals surface area contributed by atoms with Crippen molar-refractivity contribution in [2.45, 2.75) is 13.8 Å². The van der Waals surface area contributed by atoms with Gasteiger partial charge >= 0.3 is 0 Å². The van der Waals surface area contributed by atoms with E-state index in [1.54, 1.807) is 0 Å². The normalized spacial score (nSPS) is 10.7. The van der Waals surface area contributed by atoms with E-state index in [1.807, 2.05) is 14.0 Å². The van der Waals surface area contributed by atoms with Crippen molar-refractivity contribution < 1.29 is 0 Å². The molecule has 0 atom stereocenters. The Morgan fingerprint density at radius 3 is 2.67 bits per heavy atom. The smallest absolute Gasteiger partial charge is 0.0766 e. The molecule has 78 valence electrons. The van der Waals surface area contributed by atoms with Crippen LogP contribution in [0.2, 0.25) is 0 Å². The maximum absolute atomic E-state index is 4.57. The van der Waals surface area contributed by atoms with Gasteiger partial charge in [0, 0.05) is 28.3 Å². The number of nitrogens with one attached hydrogen (secondary N) is 1. The van der Waals surface area contributed by atoms with Gasteiger partial charge in [0.2, 0.25) is 0 Å². The molecular weight excluding hydrogens is 252 g/mol. The lowest BCUT2D eigenvalue weighted by atomic mass is 10.1. The quantitative estimate of drug-likeness (QED) is 0.851. The number of aryl methyl sites for hydroxylation is 2. The third-order valence-corrected chi connectivity index (χ3v) is 3.42. The Hall–Kier alpha value is -1.09. The molecular formula is C12H13BrN2. The predicted octanol–water partition coefficient (Wildman–Crippen LogP) is 3.66. The summed E-state index contributed by atoms with van der Waals surface area (Å²) >= 11 is 3.53. The van der Waals surface area contributed by atoms with Crippen LogP contribution in [0.25, 0.3) is 10.9 Å². The largest absolute Gasteiger partial charge is 0.388 e. The summed E-state index contributed by atoms with van der Waals surface area (Å²) in [6.45, 7) is 4.10. The van der Waals surface area contributed by atoms with Crippen molar-refractivity contribution in [2.75, 3.05) is 12.4 Å². The zero-order valence-corrected chi connectivity index (χ0v) is 10.6. The van der Waals surface area contributed by atoms with Gasteiger partial charge in [-0.15, -0.1) is 0 Å². The minimum Gasteiger partial charge on any atom is -0.388 e. The van der Waals surface area contributed by atoms with Crippen LogP contribution in [0.1, 0.15) is 11.3 Å². The molecule has 2 nitrogen and oxygen atoms in total. The van der Waals surface area contributed by atoms with Crippen molar-refractivity contribution in [2.24, 2.45) is 0 Å². The number of pyridine rings is 1. The summed E-state index contributed by atoms with van der Waals surface area (Å²) in [6.07, 6.45) is 0. The highest BCUT2D eigenvalue weighted by Crippen LogP contribution is 2.29. The molecule has 15 heavy (non-hydrogen) atoms. The number of hydrogen-bond donors (Lipinski definition) is 1. The SMILES string of the molecule is CNc1cc(C)nc2c(C)c(Br)ccc12. The molecule has 0 saturated heterocycles. The lowest BCUT2D eigenvalue weighted by molar-refractivity contribution is 1.23. The van der Waals surface area contributed by atoms with Gasteiger partial charge in [0.1, 0.15) is 0 Å². The van der Waals surface area contributed by atoms with Gasteiger partial charge in [0.25, 0.3) is 0 Å². The van der Waals surface area contributed by atoms with E-state index in [0.29, 0.717) is 0 Å². The van der Waals surface area contributed by atoms with Crippen LogP contribution in [0.15, 0.2) is 22.7 Å². The highest BCUT2D eigenvalue weighted by Gasteiger charge is 2.07. The van der Waals surface area contributed by atoms with Crippen molar-refractivity contribution >= 4 is 32.5 Å². The summed E-state index contributed by atoms with van der Waals surface area (Å²) in [6, 6.07) is 6.22. The molecule has 1 heterocycles. The third kappa shape index (κ3) is 1.72. The number of hydrogen-bond acceptors (Lipinski definition) is 2. The van der Waals surface area contributed by atoms with E-state index >= 15 is 0 Å². The lowest BCUT2D eigenvalue weighted by Crippen LogP contribution is -1.95. The second kappa shape index (κ2) is 3.81. The maximum atomic E-state index is 4.57. The Morgan fingerprint density at radius 1 is 1.27 bits per heavy atom. The standard InChI is InChI=1S/C12H13BrN2/c1-7-6-11(14-3)9-4-5-10(13)8(2)12(9)15-7/h4-6H,1-3H3,(H,14,15).